The van der Waals surface area contributed by atoms with Crippen LogP contribution in [0, 0.1) is 0 Å². The largest absolute Gasteiger partial charge is 0.459 e. The molecule has 6 heteroatoms. The van der Waals surface area contributed by atoms with Crippen molar-refractivity contribution >= 4 is 34.0 Å². The van der Waals surface area contributed by atoms with E-state index in [-0.39, 0.29) is 11.7 Å². The van der Waals surface area contributed by atoms with Crippen LogP contribution in [0.15, 0.2) is 54.6 Å². The third-order valence-corrected chi connectivity index (χ3v) is 4.86. The number of hydrogen-bond donors (Lipinski definition) is 1. The van der Waals surface area contributed by atoms with E-state index in [1.165, 1.54) is 0 Å². The molecule has 1 atom stereocenters. The molecule has 1 unspecified atom stereocenters. The zero-order chi connectivity index (χ0) is 19.7. The van der Waals surface area contributed by atoms with Crippen LogP contribution in [-0.4, -0.2) is 26.6 Å². The quantitative estimate of drug-likeness (QED) is 0.530. The van der Waals surface area contributed by atoms with E-state index in [9.17, 15) is 4.79 Å². The monoisotopic (exact) mass is 374 g/mol. The summed E-state index contributed by atoms with van der Waals surface area (Å²) in [5.74, 6) is -0.143. The molecule has 2 N–H and O–H groups in total. The molecule has 28 heavy (non-hydrogen) atoms. The molecule has 0 radical (unpaired) electrons. The minimum Gasteiger partial charge on any atom is -0.459 e. The number of nitrogens with two attached hydrogens (primary N) is 1. The van der Waals surface area contributed by atoms with E-state index in [1.807, 2.05) is 73.0 Å². The van der Waals surface area contributed by atoms with E-state index in [2.05, 4.69) is 0 Å². The van der Waals surface area contributed by atoms with Gasteiger partial charge >= 0.3 is 5.97 Å². The number of nitrogen functional groups attached to an aromatic ring is 1. The minimum atomic E-state index is -0.465. The van der Waals surface area contributed by atoms with Crippen molar-refractivity contribution in [3.63, 3.8) is 0 Å². The molecule has 0 fully saturated rings. The van der Waals surface area contributed by atoms with E-state index in [4.69, 9.17) is 20.4 Å². The summed E-state index contributed by atoms with van der Waals surface area (Å²) >= 11 is 0. The van der Waals surface area contributed by atoms with Crippen LogP contribution >= 0.6 is 0 Å². The third kappa shape index (κ3) is 3.17. The van der Waals surface area contributed by atoms with Crippen molar-refractivity contribution in [3.05, 3.63) is 65.7 Å². The second-order valence-corrected chi connectivity index (χ2v) is 6.84. The van der Waals surface area contributed by atoms with Gasteiger partial charge in [-0.25, -0.2) is 14.8 Å². The molecular weight excluding hydrogens is 352 g/mol. The lowest BCUT2D eigenvalue weighted by atomic mass is 10.2. The molecule has 0 saturated carbocycles. The molecule has 0 spiro atoms. The zero-order valence-corrected chi connectivity index (χ0v) is 15.9. The van der Waals surface area contributed by atoms with Gasteiger partial charge in [0.1, 0.15) is 16.9 Å². The highest BCUT2D eigenvalue weighted by Gasteiger charge is 2.26. The fourth-order valence-corrected chi connectivity index (χ4v) is 3.17. The molecule has 2 aromatic carbocycles. The van der Waals surface area contributed by atoms with Crippen LogP contribution in [0.1, 0.15) is 36.2 Å². The molecule has 4 aromatic rings. The number of fused-ring (bicyclic) bond motifs is 2. The summed E-state index contributed by atoms with van der Waals surface area (Å²) in [5, 5.41) is 0. The number of carbonyl (C=O) groups is 1. The minimum absolute atomic E-state index is 0.201. The van der Waals surface area contributed by atoms with Crippen LogP contribution < -0.4 is 5.73 Å². The van der Waals surface area contributed by atoms with Gasteiger partial charge in [-0.3, -0.25) is 0 Å². The molecule has 0 aliphatic heterocycles. The fraction of sp³-hybridized carbons (Fsp3) is 0.227. The number of hydrogen-bond acceptors (Lipinski definition) is 5. The van der Waals surface area contributed by atoms with Gasteiger partial charge in [-0.2, -0.15) is 0 Å². The Morgan fingerprint density at radius 1 is 1.07 bits per heavy atom. The normalized spacial score (nSPS) is 12.4. The van der Waals surface area contributed by atoms with Gasteiger partial charge < -0.3 is 15.0 Å². The van der Waals surface area contributed by atoms with Crippen molar-refractivity contribution in [1.29, 1.82) is 0 Å². The van der Waals surface area contributed by atoms with Gasteiger partial charge in [-0.1, -0.05) is 49.4 Å². The van der Waals surface area contributed by atoms with Gasteiger partial charge in [0.05, 0.1) is 23.7 Å². The van der Waals surface area contributed by atoms with Gasteiger partial charge in [0.25, 0.3) is 0 Å². The van der Waals surface area contributed by atoms with Crippen LogP contribution in [0.2, 0.25) is 0 Å². The number of anilines is 1. The van der Waals surface area contributed by atoms with Crippen molar-refractivity contribution in [2.45, 2.75) is 32.9 Å². The Morgan fingerprint density at radius 3 is 2.39 bits per heavy atom. The first-order chi connectivity index (χ1) is 13.6. The number of carbonyl (C=O) groups excluding carboxylic acids is 1. The van der Waals surface area contributed by atoms with Crippen LogP contribution in [0.5, 0.6) is 0 Å². The predicted octanol–water partition coefficient (Wildman–Crippen LogP) is 4.17. The summed E-state index contributed by atoms with van der Waals surface area (Å²) in [4.78, 5) is 22.3. The van der Waals surface area contributed by atoms with Crippen molar-refractivity contribution in [2.75, 3.05) is 5.73 Å². The van der Waals surface area contributed by atoms with Crippen molar-refractivity contribution in [3.8, 4) is 0 Å². The molecule has 6 nitrogen and oxygen atoms in total. The number of aromatic nitrogens is 3. The Hall–Kier alpha value is -3.41. The SMILES string of the molecule is CCC(C)OC(=O)c1c(N)n(Cc2ccccc2)c2nc3ccccc3nc12. The second-order valence-electron chi connectivity index (χ2n) is 6.84. The molecule has 142 valence electrons. The summed E-state index contributed by atoms with van der Waals surface area (Å²) in [5.41, 5.74) is 10.3. The number of para-hydroxylation sites is 2. The van der Waals surface area contributed by atoms with Gasteiger partial charge in [0, 0.05) is 0 Å². The summed E-state index contributed by atoms with van der Waals surface area (Å²) < 4.78 is 7.38. The number of esters is 1. The van der Waals surface area contributed by atoms with E-state index in [0.717, 1.165) is 17.5 Å². The van der Waals surface area contributed by atoms with Gasteiger partial charge in [-0.05, 0) is 31.0 Å². The average molecular weight is 374 g/mol. The molecule has 2 heterocycles. The maximum Gasteiger partial charge on any atom is 0.344 e. The smallest absolute Gasteiger partial charge is 0.344 e. The summed E-state index contributed by atoms with van der Waals surface area (Å²) in [6, 6.07) is 17.5. The molecule has 4 rings (SSSR count). The van der Waals surface area contributed by atoms with Gasteiger partial charge in [0.15, 0.2) is 5.65 Å². The lowest BCUT2D eigenvalue weighted by Gasteiger charge is -2.11. The lowest BCUT2D eigenvalue weighted by molar-refractivity contribution is 0.0338. The van der Waals surface area contributed by atoms with Gasteiger partial charge in [-0.15, -0.1) is 0 Å². The molecule has 0 saturated heterocycles. The molecule has 0 amide bonds. The maximum atomic E-state index is 12.9. The van der Waals surface area contributed by atoms with E-state index in [0.29, 0.717) is 29.0 Å². The fourth-order valence-electron chi connectivity index (χ4n) is 3.17. The number of benzene rings is 2. The van der Waals surface area contributed by atoms with E-state index < -0.39 is 5.97 Å². The Bertz CT molecular complexity index is 1150. The Morgan fingerprint density at radius 2 is 1.71 bits per heavy atom. The summed E-state index contributed by atoms with van der Waals surface area (Å²) in [6.07, 6.45) is 0.524. The highest BCUT2D eigenvalue weighted by molar-refractivity contribution is 6.08. The first-order valence-electron chi connectivity index (χ1n) is 9.37. The Kier molecular flexibility index (Phi) is 4.69. The molecule has 0 bridgehead atoms. The lowest BCUT2D eigenvalue weighted by Crippen LogP contribution is -2.16. The molecule has 2 aromatic heterocycles. The van der Waals surface area contributed by atoms with Gasteiger partial charge in [0.2, 0.25) is 0 Å². The standard InChI is InChI=1S/C22H22N4O2/c1-3-14(2)28-22(27)18-19-21(25-17-12-8-7-11-16(17)24-19)26(20(18)23)13-15-9-5-4-6-10-15/h4-12,14H,3,13,23H2,1-2H3. The van der Waals surface area contributed by atoms with Crippen LogP contribution in [0.25, 0.3) is 22.2 Å². The average Bonchev–Trinajstić information content (AvgIpc) is 2.97. The second kappa shape index (κ2) is 7.31. The number of rotatable bonds is 5. The maximum absolute atomic E-state index is 12.9. The number of ether oxygens (including phenoxy) is 1. The first-order valence-corrected chi connectivity index (χ1v) is 9.37. The Balaban J connectivity index is 1.93. The van der Waals surface area contributed by atoms with Crippen molar-refractivity contribution in [1.82, 2.24) is 14.5 Å². The van der Waals surface area contributed by atoms with Crippen LogP contribution in [-0.2, 0) is 11.3 Å². The number of nitrogens with zero attached hydrogens (tertiary/aromatic N) is 3. The van der Waals surface area contributed by atoms with Crippen LogP contribution in [0.3, 0.4) is 0 Å². The zero-order valence-electron chi connectivity index (χ0n) is 15.9. The summed E-state index contributed by atoms with van der Waals surface area (Å²) in [6.45, 7) is 4.32. The molecule has 0 aliphatic rings. The van der Waals surface area contributed by atoms with E-state index >= 15 is 0 Å². The molecular formula is C22H22N4O2. The summed E-state index contributed by atoms with van der Waals surface area (Å²) in [7, 11) is 0. The molecule has 0 aliphatic carbocycles. The highest BCUT2D eigenvalue weighted by Crippen LogP contribution is 2.29. The van der Waals surface area contributed by atoms with Crippen molar-refractivity contribution < 1.29 is 9.53 Å². The van der Waals surface area contributed by atoms with E-state index in [1.54, 1.807) is 0 Å². The predicted molar refractivity (Wildman–Crippen MR) is 110 cm³/mol. The van der Waals surface area contributed by atoms with Crippen molar-refractivity contribution in [2.24, 2.45) is 0 Å². The highest BCUT2D eigenvalue weighted by atomic mass is 16.5. The first kappa shape index (κ1) is 18.0. The third-order valence-electron chi connectivity index (χ3n) is 4.86. The topological polar surface area (TPSA) is 83.0 Å². The Labute approximate surface area is 163 Å². The van der Waals surface area contributed by atoms with Crippen LogP contribution in [0.4, 0.5) is 5.82 Å².